The summed E-state index contributed by atoms with van der Waals surface area (Å²) in [5.74, 6) is 0. The number of halogens is 1. The highest BCUT2D eigenvalue weighted by Gasteiger charge is 2.26. The highest BCUT2D eigenvalue weighted by Crippen LogP contribution is 2.50. The summed E-state index contributed by atoms with van der Waals surface area (Å²) < 4.78 is 11.2. The first kappa shape index (κ1) is 13.3. The van der Waals surface area contributed by atoms with Crippen LogP contribution in [0.2, 0.25) is 0 Å². The van der Waals surface area contributed by atoms with Crippen molar-refractivity contribution in [1.82, 2.24) is 0 Å². The SMILES string of the molecule is Br.CC(C)P(=O)(O)C(C)C. The molecule has 0 aliphatic rings. The lowest BCUT2D eigenvalue weighted by Crippen LogP contribution is -2.06. The third-order valence-electron chi connectivity index (χ3n) is 1.48. The lowest BCUT2D eigenvalue weighted by Gasteiger charge is -2.18. The number of hydrogen-bond donors (Lipinski definition) is 1. The molecule has 0 aliphatic heterocycles. The van der Waals surface area contributed by atoms with Gasteiger partial charge in [-0.2, -0.15) is 0 Å². The second kappa shape index (κ2) is 4.53. The Bertz CT molecular complexity index is 122. The second-order valence-electron chi connectivity index (χ2n) is 2.86. The molecule has 4 heteroatoms. The summed E-state index contributed by atoms with van der Waals surface area (Å²) in [6.07, 6.45) is 0. The normalized spacial score (nSPS) is 11.9. The van der Waals surface area contributed by atoms with Crippen molar-refractivity contribution in [3.8, 4) is 0 Å². The van der Waals surface area contributed by atoms with Gasteiger partial charge in [0.05, 0.1) is 0 Å². The van der Waals surface area contributed by atoms with E-state index in [2.05, 4.69) is 0 Å². The molecule has 0 aromatic heterocycles. The molecule has 2 nitrogen and oxygen atoms in total. The van der Waals surface area contributed by atoms with Crippen LogP contribution in [0.3, 0.4) is 0 Å². The van der Waals surface area contributed by atoms with Crippen LogP contribution >= 0.6 is 24.4 Å². The highest BCUT2D eigenvalue weighted by atomic mass is 79.9. The Morgan fingerprint density at radius 1 is 1.10 bits per heavy atom. The van der Waals surface area contributed by atoms with Crippen molar-refractivity contribution >= 4 is 24.4 Å². The summed E-state index contributed by atoms with van der Waals surface area (Å²) in [7, 11) is -2.84. The van der Waals surface area contributed by atoms with Crippen LogP contribution in [-0.4, -0.2) is 16.2 Å². The van der Waals surface area contributed by atoms with Crippen molar-refractivity contribution in [1.29, 1.82) is 0 Å². The van der Waals surface area contributed by atoms with Gasteiger partial charge in [0.15, 0.2) is 0 Å². The molecule has 0 saturated carbocycles. The minimum Gasteiger partial charge on any atom is -0.344 e. The minimum atomic E-state index is -2.84. The standard InChI is InChI=1S/C6H15O2P.BrH/c1-5(2)9(7,8)6(3)4;/h5-6H,1-4H3,(H,7,8);1H. The predicted octanol–water partition coefficient (Wildman–Crippen LogP) is 2.65. The van der Waals surface area contributed by atoms with Gasteiger partial charge < -0.3 is 4.89 Å². The van der Waals surface area contributed by atoms with Crippen LogP contribution in [0.15, 0.2) is 0 Å². The topological polar surface area (TPSA) is 37.3 Å². The van der Waals surface area contributed by atoms with E-state index in [9.17, 15) is 9.46 Å². The van der Waals surface area contributed by atoms with Gasteiger partial charge in [0, 0.05) is 11.3 Å². The lowest BCUT2D eigenvalue weighted by atomic mass is 10.5. The molecule has 0 fully saturated rings. The van der Waals surface area contributed by atoms with Gasteiger partial charge in [-0.1, -0.05) is 27.7 Å². The summed E-state index contributed by atoms with van der Waals surface area (Å²) in [6.45, 7) is 7.11. The fourth-order valence-electron chi connectivity index (χ4n) is 0.596. The molecule has 0 aromatic rings. The fourth-order valence-corrected chi connectivity index (χ4v) is 1.79. The summed E-state index contributed by atoms with van der Waals surface area (Å²) in [5.41, 5.74) is -0.199. The summed E-state index contributed by atoms with van der Waals surface area (Å²) in [4.78, 5) is 9.22. The molecular formula is C6H16BrO2P. The van der Waals surface area contributed by atoms with Crippen molar-refractivity contribution < 1.29 is 9.46 Å². The molecule has 0 heterocycles. The average Bonchev–Trinajstić information content (AvgIpc) is 1.65. The molecule has 0 rings (SSSR count). The van der Waals surface area contributed by atoms with Gasteiger partial charge in [-0.15, -0.1) is 17.0 Å². The molecule has 0 spiro atoms. The van der Waals surface area contributed by atoms with Crippen LogP contribution in [0.25, 0.3) is 0 Å². The summed E-state index contributed by atoms with van der Waals surface area (Å²) in [5, 5.41) is 0. The maximum Gasteiger partial charge on any atom is 0.205 e. The number of hydrogen-bond acceptors (Lipinski definition) is 1. The van der Waals surface area contributed by atoms with Gasteiger partial charge in [-0.25, -0.2) is 0 Å². The molecule has 10 heavy (non-hydrogen) atoms. The fraction of sp³-hybridized carbons (Fsp3) is 1.00. The zero-order valence-electron chi connectivity index (χ0n) is 6.87. The van der Waals surface area contributed by atoms with E-state index >= 15 is 0 Å². The zero-order valence-corrected chi connectivity index (χ0v) is 9.47. The Morgan fingerprint density at radius 2 is 1.30 bits per heavy atom. The van der Waals surface area contributed by atoms with E-state index in [0.29, 0.717) is 0 Å². The molecule has 0 radical (unpaired) electrons. The van der Waals surface area contributed by atoms with E-state index in [-0.39, 0.29) is 28.3 Å². The van der Waals surface area contributed by atoms with Gasteiger partial charge in [0.2, 0.25) is 7.37 Å². The Morgan fingerprint density at radius 3 is 1.30 bits per heavy atom. The summed E-state index contributed by atoms with van der Waals surface area (Å²) >= 11 is 0. The first-order valence-electron chi connectivity index (χ1n) is 3.21. The van der Waals surface area contributed by atoms with Crippen LogP contribution in [-0.2, 0) is 4.57 Å². The molecule has 0 atom stereocenters. The van der Waals surface area contributed by atoms with Gasteiger partial charge in [-0.05, 0) is 0 Å². The Labute approximate surface area is 73.2 Å². The first-order chi connectivity index (χ1) is 3.89. The molecule has 1 N–H and O–H groups in total. The highest BCUT2D eigenvalue weighted by molar-refractivity contribution is 8.93. The smallest absolute Gasteiger partial charge is 0.205 e. The molecule has 0 aliphatic carbocycles. The summed E-state index contributed by atoms with van der Waals surface area (Å²) in [6, 6.07) is 0. The molecule has 0 unspecified atom stereocenters. The minimum absolute atomic E-state index is 0. The largest absolute Gasteiger partial charge is 0.344 e. The quantitative estimate of drug-likeness (QED) is 0.741. The van der Waals surface area contributed by atoms with E-state index in [0.717, 1.165) is 0 Å². The third-order valence-corrected chi connectivity index (χ3v) is 4.44. The molecule has 0 aromatic carbocycles. The van der Waals surface area contributed by atoms with E-state index < -0.39 is 7.37 Å². The van der Waals surface area contributed by atoms with Crippen LogP contribution in [0.5, 0.6) is 0 Å². The molecule has 0 bridgehead atoms. The van der Waals surface area contributed by atoms with Crippen LogP contribution in [0.1, 0.15) is 27.7 Å². The van der Waals surface area contributed by atoms with Crippen LogP contribution in [0, 0.1) is 0 Å². The third kappa shape index (κ3) is 3.18. The van der Waals surface area contributed by atoms with E-state index in [1.54, 1.807) is 27.7 Å². The van der Waals surface area contributed by atoms with Crippen molar-refractivity contribution in [3.05, 3.63) is 0 Å². The van der Waals surface area contributed by atoms with Crippen molar-refractivity contribution in [2.45, 2.75) is 39.0 Å². The maximum absolute atomic E-state index is 11.2. The van der Waals surface area contributed by atoms with Crippen molar-refractivity contribution in [3.63, 3.8) is 0 Å². The average molecular weight is 231 g/mol. The van der Waals surface area contributed by atoms with Crippen LogP contribution < -0.4 is 0 Å². The Balaban J connectivity index is 0. The monoisotopic (exact) mass is 230 g/mol. The van der Waals surface area contributed by atoms with E-state index in [4.69, 9.17) is 0 Å². The zero-order chi connectivity index (χ0) is 7.65. The lowest BCUT2D eigenvalue weighted by molar-refractivity contribution is 0.459. The van der Waals surface area contributed by atoms with E-state index in [1.165, 1.54) is 0 Å². The number of rotatable bonds is 2. The van der Waals surface area contributed by atoms with Gasteiger partial charge >= 0.3 is 0 Å². The van der Waals surface area contributed by atoms with Gasteiger partial charge in [0.1, 0.15) is 0 Å². The van der Waals surface area contributed by atoms with Gasteiger partial charge in [0.25, 0.3) is 0 Å². The molecule has 0 saturated heterocycles. The first-order valence-corrected chi connectivity index (χ1v) is 5.01. The Kier molecular flexibility index (Phi) is 6.01. The van der Waals surface area contributed by atoms with E-state index in [1.807, 2.05) is 0 Å². The molecule has 0 amide bonds. The second-order valence-corrected chi connectivity index (χ2v) is 6.27. The van der Waals surface area contributed by atoms with Gasteiger partial charge in [-0.3, -0.25) is 4.57 Å². The van der Waals surface area contributed by atoms with Crippen molar-refractivity contribution in [2.24, 2.45) is 0 Å². The van der Waals surface area contributed by atoms with Crippen LogP contribution in [0.4, 0.5) is 0 Å². The molecule has 64 valence electrons. The maximum atomic E-state index is 11.2. The Hall–Kier alpha value is 0.670. The van der Waals surface area contributed by atoms with Crippen molar-refractivity contribution in [2.75, 3.05) is 0 Å². The predicted molar refractivity (Wildman–Crippen MR) is 50.4 cm³/mol. The molecular weight excluding hydrogens is 215 g/mol.